The number of hydrogen-bond acceptors (Lipinski definition) is 9. The molecule has 0 saturated carbocycles. The van der Waals surface area contributed by atoms with E-state index >= 15 is 0 Å². The zero-order chi connectivity index (χ0) is 19.0. The number of nitrogen functional groups attached to an aromatic ring is 1. The third kappa shape index (κ3) is 2.99. The number of nitrogens with zero attached hydrogens (tertiary/aromatic N) is 4. The lowest BCUT2D eigenvalue weighted by atomic mass is 10.1. The van der Waals surface area contributed by atoms with Crippen LogP contribution in [0.15, 0.2) is 43.0 Å². The lowest BCUT2D eigenvalue weighted by Crippen LogP contribution is -2.37. The monoisotopic (exact) mass is 371 g/mol. The summed E-state index contributed by atoms with van der Waals surface area (Å²) in [6.07, 6.45) is -1.51. The van der Waals surface area contributed by atoms with Crippen molar-refractivity contribution in [2.24, 2.45) is 0 Å². The van der Waals surface area contributed by atoms with Gasteiger partial charge in [0.2, 0.25) is 0 Å². The van der Waals surface area contributed by atoms with Crippen LogP contribution in [-0.4, -0.2) is 60.6 Å². The number of fused-ring (bicyclic) bond motifs is 1. The van der Waals surface area contributed by atoms with E-state index in [1.807, 2.05) is 0 Å². The standard InChI is InChI=1S/C17H17N5O5/c18-14-11-15(20-7-19-14)22(8-21-11)16-12(24)13(10(6-23)26-16)27-17(25)9-4-2-1-3-5-9/h1-5,7-8,10,12-13,16,23-24H,6H2,(H2,18,19,20)/t10-,12-,13-,16-/m1/s1. The first-order chi connectivity index (χ1) is 13.1. The van der Waals surface area contributed by atoms with Gasteiger partial charge in [-0.2, -0.15) is 0 Å². The van der Waals surface area contributed by atoms with Gasteiger partial charge in [0.25, 0.3) is 0 Å². The molecule has 27 heavy (non-hydrogen) atoms. The van der Waals surface area contributed by atoms with Gasteiger partial charge in [-0.05, 0) is 12.1 Å². The van der Waals surface area contributed by atoms with Gasteiger partial charge in [-0.15, -0.1) is 0 Å². The zero-order valence-electron chi connectivity index (χ0n) is 14.0. The van der Waals surface area contributed by atoms with E-state index in [1.54, 1.807) is 30.3 Å². The van der Waals surface area contributed by atoms with Crippen molar-refractivity contribution in [2.45, 2.75) is 24.5 Å². The molecule has 0 unspecified atom stereocenters. The number of imidazole rings is 1. The molecule has 10 heteroatoms. The van der Waals surface area contributed by atoms with Crippen molar-refractivity contribution in [3.8, 4) is 0 Å². The van der Waals surface area contributed by atoms with Gasteiger partial charge in [0.15, 0.2) is 23.8 Å². The molecule has 0 spiro atoms. The average Bonchev–Trinajstić information content (AvgIpc) is 3.25. The van der Waals surface area contributed by atoms with Crippen molar-refractivity contribution >= 4 is 23.0 Å². The molecule has 140 valence electrons. The van der Waals surface area contributed by atoms with E-state index in [-0.39, 0.29) is 5.82 Å². The van der Waals surface area contributed by atoms with E-state index in [0.29, 0.717) is 16.7 Å². The fraction of sp³-hybridized carbons (Fsp3) is 0.294. The molecule has 0 amide bonds. The number of rotatable bonds is 4. The average molecular weight is 371 g/mol. The molecule has 1 saturated heterocycles. The lowest BCUT2D eigenvalue weighted by molar-refractivity contribution is -0.0529. The number of benzene rings is 1. The van der Waals surface area contributed by atoms with E-state index in [1.165, 1.54) is 17.2 Å². The number of ether oxygens (including phenoxy) is 2. The normalized spacial score (nSPS) is 25.0. The van der Waals surface area contributed by atoms with Crippen LogP contribution in [0.2, 0.25) is 0 Å². The highest BCUT2D eigenvalue weighted by Gasteiger charge is 2.47. The number of esters is 1. The third-order valence-corrected chi connectivity index (χ3v) is 4.40. The first-order valence-electron chi connectivity index (χ1n) is 8.23. The van der Waals surface area contributed by atoms with Crippen LogP contribution < -0.4 is 5.73 Å². The minimum absolute atomic E-state index is 0.192. The number of aromatic nitrogens is 4. The maximum absolute atomic E-state index is 12.3. The van der Waals surface area contributed by atoms with E-state index in [9.17, 15) is 15.0 Å². The number of carbonyl (C=O) groups is 1. The van der Waals surface area contributed by atoms with Gasteiger partial charge >= 0.3 is 5.97 Å². The molecular formula is C17H17N5O5. The largest absolute Gasteiger partial charge is 0.453 e. The summed E-state index contributed by atoms with van der Waals surface area (Å²) in [6, 6.07) is 8.37. The van der Waals surface area contributed by atoms with Crippen molar-refractivity contribution in [3.63, 3.8) is 0 Å². The third-order valence-electron chi connectivity index (χ3n) is 4.40. The predicted octanol–water partition coefficient (Wildman–Crippen LogP) is -0.115. The van der Waals surface area contributed by atoms with Gasteiger partial charge in [-0.3, -0.25) is 4.57 Å². The highest BCUT2D eigenvalue weighted by Crippen LogP contribution is 2.33. The van der Waals surface area contributed by atoms with Crippen LogP contribution in [0.25, 0.3) is 11.2 Å². The van der Waals surface area contributed by atoms with E-state index in [2.05, 4.69) is 15.0 Å². The minimum Gasteiger partial charge on any atom is -0.453 e. The smallest absolute Gasteiger partial charge is 0.338 e. The Balaban J connectivity index is 1.61. The Hall–Kier alpha value is -3.08. The Morgan fingerprint density at radius 1 is 1.26 bits per heavy atom. The molecule has 4 atom stereocenters. The van der Waals surface area contributed by atoms with E-state index in [4.69, 9.17) is 15.2 Å². The van der Waals surface area contributed by atoms with Gasteiger partial charge in [0.05, 0.1) is 18.5 Å². The first kappa shape index (κ1) is 17.3. The summed E-state index contributed by atoms with van der Waals surface area (Å²) in [7, 11) is 0. The van der Waals surface area contributed by atoms with Crippen molar-refractivity contribution < 1.29 is 24.5 Å². The molecule has 1 aliphatic rings. The maximum Gasteiger partial charge on any atom is 0.338 e. The van der Waals surface area contributed by atoms with Crippen molar-refractivity contribution in [1.29, 1.82) is 0 Å². The topological polar surface area (TPSA) is 146 Å². The van der Waals surface area contributed by atoms with Crippen LogP contribution in [0.1, 0.15) is 16.6 Å². The first-order valence-corrected chi connectivity index (χ1v) is 8.23. The molecule has 3 heterocycles. The lowest BCUT2D eigenvalue weighted by Gasteiger charge is -2.20. The Morgan fingerprint density at radius 3 is 2.78 bits per heavy atom. The summed E-state index contributed by atoms with van der Waals surface area (Å²) in [5, 5.41) is 20.3. The number of carbonyl (C=O) groups excluding carboxylic acids is 1. The van der Waals surface area contributed by atoms with Crippen molar-refractivity contribution in [2.75, 3.05) is 12.3 Å². The number of hydrogen-bond donors (Lipinski definition) is 3. The molecule has 4 rings (SSSR count). The zero-order valence-corrected chi connectivity index (χ0v) is 14.0. The molecule has 1 aromatic carbocycles. The quantitative estimate of drug-likeness (QED) is 0.534. The molecule has 4 N–H and O–H groups in total. The van der Waals surface area contributed by atoms with Crippen LogP contribution in [0.4, 0.5) is 5.82 Å². The second kappa shape index (κ2) is 6.91. The maximum atomic E-state index is 12.3. The second-order valence-corrected chi connectivity index (χ2v) is 6.06. The molecule has 1 aliphatic heterocycles. The van der Waals surface area contributed by atoms with Crippen LogP contribution >= 0.6 is 0 Å². The predicted molar refractivity (Wildman–Crippen MR) is 92.4 cm³/mol. The SMILES string of the molecule is Nc1ncnc2c1ncn2[C@@H]1O[C@H](CO)[C@@H](OC(=O)c2ccccc2)[C@H]1O. The van der Waals surface area contributed by atoms with Crippen molar-refractivity contribution in [1.82, 2.24) is 19.5 Å². The van der Waals surface area contributed by atoms with Gasteiger partial charge in [0, 0.05) is 0 Å². The van der Waals surface area contributed by atoms with Crippen LogP contribution in [0.3, 0.4) is 0 Å². The molecule has 2 aromatic heterocycles. The molecular weight excluding hydrogens is 354 g/mol. The number of aliphatic hydroxyl groups is 2. The van der Waals surface area contributed by atoms with Gasteiger partial charge < -0.3 is 25.4 Å². The summed E-state index contributed by atoms with van der Waals surface area (Å²) < 4.78 is 12.6. The Bertz CT molecular complexity index is 963. The Morgan fingerprint density at radius 2 is 2.04 bits per heavy atom. The molecule has 3 aromatic rings. The molecule has 0 bridgehead atoms. The highest BCUT2D eigenvalue weighted by molar-refractivity contribution is 5.89. The summed E-state index contributed by atoms with van der Waals surface area (Å²) >= 11 is 0. The van der Waals surface area contributed by atoms with Gasteiger partial charge in [-0.25, -0.2) is 19.7 Å². The van der Waals surface area contributed by atoms with Crippen molar-refractivity contribution in [3.05, 3.63) is 48.5 Å². The molecule has 1 fully saturated rings. The summed E-state index contributed by atoms with van der Waals surface area (Å²) in [4.78, 5) is 24.4. The Labute approximate surface area is 153 Å². The summed E-state index contributed by atoms with van der Waals surface area (Å²) in [5.74, 6) is -0.429. The van der Waals surface area contributed by atoms with Gasteiger partial charge in [0.1, 0.15) is 24.1 Å². The number of anilines is 1. The van der Waals surface area contributed by atoms with E-state index < -0.39 is 37.1 Å². The number of nitrogens with two attached hydrogens (primary N) is 1. The molecule has 10 nitrogen and oxygen atoms in total. The van der Waals surface area contributed by atoms with Crippen LogP contribution in [0, 0.1) is 0 Å². The highest BCUT2D eigenvalue weighted by atomic mass is 16.6. The number of aliphatic hydroxyl groups excluding tert-OH is 2. The fourth-order valence-electron chi connectivity index (χ4n) is 3.06. The summed E-state index contributed by atoms with van der Waals surface area (Å²) in [5.41, 5.74) is 6.83. The second-order valence-electron chi connectivity index (χ2n) is 6.06. The molecule has 0 aliphatic carbocycles. The fourth-order valence-corrected chi connectivity index (χ4v) is 3.06. The van der Waals surface area contributed by atoms with Crippen LogP contribution in [-0.2, 0) is 9.47 Å². The Kier molecular flexibility index (Phi) is 4.44. The van der Waals surface area contributed by atoms with Crippen LogP contribution in [0.5, 0.6) is 0 Å². The van der Waals surface area contributed by atoms with E-state index in [0.717, 1.165) is 0 Å². The summed E-state index contributed by atoms with van der Waals surface area (Å²) in [6.45, 7) is -0.440. The molecule has 0 radical (unpaired) electrons. The van der Waals surface area contributed by atoms with Gasteiger partial charge in [-0.1, -0.05) is 18.2 Å². The minimum atomic E-state index is -1.25.